The molecule has 29 heavy (non-hydrogen) atoms. The van der Waals surface area contributed by atoms with Gasteiger partial charge in [0.2, 0.25) is 11.8 Å². The standard InChI is InChI=1S/C24H30N2O2S/c1-4-5-6-15-22(27)25-20-13-9-7-12-19(20)24-26(23(28)16-29-24)21-14-10-8-11-18(21)17(2)3/h7-14,17,24H,4-6,15-16H2,1-3H3,(H,25,27). The lowest BCUT2D eigenvalue weighted by Crippen LogP contribution is -2.29. The molecule has 3 rings (SSSR count). The van der Waals surface area contributed by atoms with Gasteiger partial charge < -0.3 is 5.32 Å². The average Bonchev–Trinajstić information content (AvgIpc) is 3.09. The second kappa shape index (κ2) is 9.97. The van der Waals surface area contributed by atoms with Crippen LogP contribution in [0.2, 0.25) is 0 Å². The van der Waals surface area contributed by atoms with E-state index in [1.54, 1.807) is 11.8 Å². The van der Waals surface area contributed by atoms with Gasteiger partial charge in [-0.1, -0.05) is 70.0 Å². The quantitative estimate of drug-likeness (QED) is 0.534. The highest BCUT2D eigenvalue weighted by molar-refractivity contribution is 8.00. The minimum atomic E-state index is -0.144. The van der Waals surface area contributed by atoms with E-state index in [4.69, 9.17) is 0 Å². The Bertz CT molecular complexity index is 865. The van der Waals surface area contributed by atoms with Gasteiger partial charge in [0.15, 0.2) is 0 Å². The van der Waals surface area contributed by atoms with Crippen molar-refractivity contribution in [3.63, 3.8) is 0 Å². The number of para-hydroxylation sites is 2. The third-order valence-electron chi connectivity index (χ3n) is 5.19. The molecule has 0 bridgehead atoms. The first kappa shape index (κ1) is 21.4. The van der Waals surface area contributed by atoms with Gasteiger partial charge in [0.05, 0.1) is 5.75 Å². The maximum absolute atomic E-state index is 12.9. The highest BCUT2D eigenvalue weighted by Crippen LogP contribution is 2.46. The van der Waals surface area contributed by atoms with Crippen molar-refractivity contribution in [3.8, 4) is 0 Å². The van der Waals surface area contributed by atoms with Crippen LogP contribution in [0.15, 0.2) is 48.5 Å². The molecule has 1 atom stereocenters. The van der Waals surface area contributed by atoms with Gasteiger partial charge in [-0.2, -0.15) is 0 Å². The number of hydrogen-bond donors (Lipinski definition) is 1. The molecule has 0 spiro atoms. The second-order valence-corrected chi connectivity index (χ2v) is 8.80. The Balaban J connectivity index is 1.90. The smallest absolute Gasteiger partial charge is 0.238 e. The highest BCUT2D eigenvalue weighted by Gasteiger charge is 2.36. The summed E-state index contributed by atoms with van der Waals surface area (Å²) >= 11 is 1.61. The number of nitrogens with one attached hydrogen (secondary N) is 1. The Labute approximate surface area is 178 Å². The number of carbonyl (C=O) groups excluding carboxylic acids is 2. The predicted molar refractivity (Wildman–Crippen MR) is 122 cm³/mol. The SMILES string of the molecule is CCCCCC(=O)Nc1ccccc1C1SCC(=O)N1c1ccccc1C(C)C. The normalized spacial score (nSPS) is 16.5. The number of carbonyl (C=O) groups is 2. The lowest BCUT2D eigenvalue weighted by atomic mass is 10.00. The van der Waals surface area contributed by atoms with Crippen molar-refractivity contribution in [1.29, 1.82) is 0 Å². The maximum atomic E-state index is 12.9. The number of nitrogens with zero attached hydrogens (tertiary/aromatic N) is 1. The van der Waals surface area contributed by atoms with Crippen LogP contribution in [0.5, 0.6) is 0 Å². The van der Waals surface area contributed by atoms with Crippen LogP contribution in [0.4, 0.5) is 11.4 Å². The summed E-state index contributed by atoms with van der Waals surface area (Å²) in [6.45, 7) is 6.42. The van der Waals surface area contributed by atoms with Gasteiger partial charge in [-0.3, -0.25) is 14.5 Å². The molecule has 1 aliphatic rings. The fraction of sp³-hybridized carbons (Fsp3) is 0.417. The van der Waals surface area contributed by atoms with Gasteiger partial charge in [-0.05, 0) is 30.0 Å². The molecule has 1 saturated heterocycles. The maximum Gasteiger partial charge on any atom is 0.238 e. The first-order valence-corrected chi connectivity index (χ1v) is 11.5. The summed E-state index contributed by atoms with van der Waals surface area (Å²) in [5.41, 5.74) is 3.90. The number of rotatable bonds is 8. The largest absolute Gasteiger partial charge is 0.326 e. The Morgan fingerprint density at radius 2 is 1.86 bits per heavy atom. The minimum absolute atomic E-state index is 0.0364. The number of anilines is 2. The van der Waals surface area contributed by atoms with Crippen LogP contribution in [-0.2, 0) is 9.59 Å². The summed E-state index contributed by atoms with van der Waals surface area (Å²) in [6, 6.07) is 16.0. The van der Waals surface area contributed by atoms with E-state index >= 15 is 0 Å². The lowest BCUT2D eigenvalue weighted by molar-refractivity contribution is -0.116. The molecule has 1 heterocycles. The fourth-order valence-corrected chi connectivity index (χ4v) is 4.89. The molecule has 2 amide bonds. The first-order valence-electron chi connectivity index (χ1n) is 10.4. The van der Waals surface area contributed by atoms with E-state index in [9.17, 15) is 9.59 Å². The molecule has 2 aromatic carbocycles. The number of benzene rings is 2. The van der Waals surface area contributed by atoms with Crippen molar-refractivity contribution < 1.29 is 9.59 Å². The van der Waals surface area contributed by atoms with E-state index in [2.05, 4.69) is 32.2 Å². The fourth-order valence-electron chi connectivity index (χ4n) is 3.68. The topological polar surface area (TPSA) is 49.4 Å². The molecule has 5 heteroatoms. The van der Waals surface area contributed by atoms with Crippen LogP contribution >= 0.6 is 11.8 Å². The minimum Gasteiger partial charge on any atom is -0.326 e. The predicted octanol–water partition coefficient (Wildman–Crippen LogP) is 6.11. The van der Waals surface area contributed by atoms with Gasteiger partial charge >= 0.3 is 0 Å². The van der Waals surface area contributed by atoms with Gasteiger partial charge in [-0.25, -0.2) is 0 Å². The summed E-state index contributed by atoms with van der Waals surface area (Å²) < 4.78 is 0. The number of hydrogen-bond acceptors (Lipinski definition) is 3. The van der Waals surface area contributed by atoms with Crippen molar-refractivity contribution in [3.05, 3.63) is 59.7 Å². The van der Waals surface area contributed by atoms with Crippen LogP contribution in [0.1, 0.15) is 68.9 Å². The van der Waals surface area contributed by atoms with Crippen LogP contribution in [0, 0.1) is 0 Å². The third kappa shape index (κ3) is 5.02. The first-order chi connectivity index (χ1) is 14.0. The van der Waals surface area contributed by atoms with Gasteiger partial charge in [-0.15, -0.1) is 11.8 Å². The number of unbranched alkanes of at least 4 members (excludes halogenated alkanes) is 2. The zero-order valence-electron chi connectivity index (χ0n) is 17.5. The zero-order valence-corrected chi connectivity index (χ0v) is 18.3. The van der Waals surface area contributed by atoms with E-state index in [0.717, 1.165) is 41.8 Å². The Morgan fingerprint density at radius 1 is 1.14 bits per heavy atom. The Hall–Kier alpha value is -2.27. The molecule has 1 N–H and O–H groups in total. The van der Waals surface area contributed by atoms with Crippen LogP contribution < -0.4 is 10.2 Å². The van der Waals surface area contributed by atoms with Gasteiger partial charge in [0.25, 0.3) is 0 Å². The molecule has 0 saturated carbocycles. The summed E-state index contributed by atoms with van der Waals surface area (Å²) in [4.78, 5) is 27.2. The lowest BCUT2D eigenvalue weighted by Gasteiger charge is -2.29. The molecule has 0 radical (unpaired) electrons. The van der Waals surface area contributed by atoms with E-state index in [-0.39, 0.29) is 17.2 Å². The van der Waals surface area contributed by atoms with Crippen LogP contribution in [0.25, 0.3) is 0 Å². The molecule has 1 aliphatic heterocycles. The van der Waals surface area contributed by atoms with Crippen LogP contribution in [-0.4, -0.2) is 17.6 Å². The van der Waals surface area contributed by atoms with Crippen molar-refractivity contribution in [2.75, 3.05) is 16.0 Å². The van der Waals surface area contributed by atoms with Crippen molar-refractivity contribution in [2.45, 2.75) is 57.7 Å². The van der Waals surface area contributed by atoms with E-state index in [0.29, 0.717) is 18.1 Å². The number of amides is 2. The molecular weight excluding hydrogens is 380 g/mol. The summed E-state index contributed by atoms with van der Waals surface area (Å²) in [6.07, 6.45) is 3.57. The Morgan fingerprint density at radius 3 is 2.62 bits per heavy atom. The highest BCUT2D eigenvalue weighted by atomic mass is 32.2. The molecule has 2 aromatic rings. The molecule has 0 aliphatic carbocycles. The van der Waals surface area contributed by atoms with E-state index in [1.165, 1.54) is 0 Å². The summed E-state index contributed by atoms with van der Waals surface area (Å²) in [5, 5.41) is 2.94. The number of thioether (sulfide) groups is 1. The van der Waals surface area contributed by atoms with Gasteiger partial charge in [0.1, 0.15) is 5.37 Å². The summed E-state index contributed by atoms with van der Waals surface area (Å²) in [7, 11) is 0. The average molecular weight is 411 g/mol. The molecular formula is C24H30N2O2S. The monoisotopic (exact) mass is 410 g/mol. The van der Waals surface area contributed by atoms with Crippen molar-refractivity contribution >= 4 is 35.0 Å². The van der Waals surface area contributed by atoms with Crippen LogP contribution in [0.3, 0.4) is 0 Å². The Kier molecular flexibility index (Phi) is 7.37. The van der Waals surface area contributed by atoms with Gasteiger partial charge in [0, 0.05) is 23.4 Å². The summed E-state index contributed by atoms with van der Waals surface area (Å²) in [5.74, 6) is 0.904. The van der Waals surface area contributed by atoms with E-state index < -0.39 is 0 Å². The van der Waals surface area contributed by atoms with E-state index in [1.807, 2.05) is 47.4 Å². The molecule has 154 valence electrons. The van der Waals surface area contributed by atoms with Crippen molar-refractivity contribution in [2.24, 2.45) is 0 Å². The molecule has 1 unspecified atom stereocenters. The molecule has 1 fully saturated rings. The second-order valence-electron chi connectivity index (χ2n) is 7.73. The zero-order chi connectivity index (χ0) is 20.8. The molecule has 4 nitrogen and oxygen atoms in total. The van der Waals surface area contributed by atoms with Crippen molar-refractivity contribution in [1.82, 2.24) is 0 Å². The molecule has 0 aromatic heterocycles. The third-order valence-corrected chi connectivity index (χ3v) is 6.39.